The lowest BCUT2D eigenvalue weighted by Crippen LogP contribution is -2.45. The van der Waals surface area contributed by atoms with Gasteiger partial charge in [-0.05, 0) is 30.7 Å². The fraction of sp³-hybridized carbons (Fsp3) is 0.467. The van der Waals surface area contributed by atoms with Gasteiger partial charge in [0, 0.05) is 18.0 Å². The molecule has 0 spiro atoms. The number of nitrogens with zero attached hydrogens (tertiary/aromatic N) is 1. The maximum Gasteiger partial charge on any atom is 0.308 e. The Labute approximate surface area is 123 Å². The normalized spacial score (nSPS) is 22.6. The molecule has 0 aliphatic carbocycles. The lowest BCUT2D eigenvalue weighted by molar-refractivity contribution is -0.143. The van der Waals surface area contributed by atoms with Crippen molar-refractivity contribution >= 4 is 23.6 Å². The zero-order chi connectivity index (χ0) is 14.7. The summed E-state index contributed by atoms with van der Waals surface area (Å²) in [5.74, 6) is -1.11. The minimum absolute atomic E-state index is 0.0623. The number of thioether (sulfide) groups is 1. The van der Waals surface area contributed by atoms with Crippen LogP contribution in [0.1, 0.15) is 23.7 Å². The molecule has 2 atom stereocenters. The molecule has 0 saturated carbocycles. The van der Waals surface area contributed by atoms with Crippen molar-refractivity contribution in [1.82, 2.24) is 4.90 Å². The predicted octanol–water partition coefficient (Wildman–Crippen LogP) is 2.59. The Kier molecular flexibility index (Phi) is 4.70. The van der Waals surface area contributed by atoms with Gasteiger partial charge in [-0.25, -0.2) is 0 Å². The van der Waals surface area contributed by atoms with Crippen LogP contribution in [0.15, 0.2) is 29.2 Å². The van der Waals surface area contributed by atoms with E-state index in [2.05, 4.69) is 0 Å². The molecule has 1 aromatic rings. The fourth-order valence-corrected chi connectivity index (χ4v) is 3.28. The Morgan fingerprint density at radius 1 is 1.30 bits per heavy atom. The largest absolute Gasteiger partial charge is 0.481 e. The number of carboxylic acids is 1. The number of rotatable bonds is 3. The van der Waals surface area contributed by atoms with Crippen molar-refractivity contribution in [3.8, 4) is 0 Å². The van der Waals surface area contributed by atoms with Crippen molar-refractivity contribution < 1.29 is 14.7 Å². The van der Waals surface area contributed by atoms with Gasteiger partial charge in [-0.1, -0.05) is 19.1 Å². The SMILES string of the molecule is CSc1ccccc1C(=O)N1CC(C)CC(C(=O)O)C1. The molecule has 20 heavy (non-hydrogen) atoms. The number of carbonyl (C=O) groups is 2. The van der Waals surface area contributed by atoms with E-state index in [1.165, 1.54) is 11.8 Å². The number of piperidine rings is 1. The van der Waals surface area contributed by atoms with Crippen LogP contribution >= 0.6 is 11.8 Å². The number of hydrogen-bond acceptors (Lipinski definition) is 3. The summed E-state index contributed by atoms with van der Waals surface area (Å²) in [6.45, 7) is 2.93. The van der Waals surface area contributed by atoms with E-state index in [0.717, 1.165) is 4.90 Å². The van der Waals surface area contributed by atoms with Crippen LogP contribution in [0.4, 0.5) is 0 Å². The number of aliphatic carboxylic acids is 1. The van der Waals surface area contributed by atoms with Gasteiger partial charge in [-0.3, -0.25) is 9.59 Å². The fourth-order valence-electron chi connectivity index (χ4n) is 2.69. The van der Waals surface area contributed by atoms with Gasteiger partial charge < -0.3 is 10.0 Å². The second kappa shape index (κ2) is 6.31. The van der Waals surface area contributed by atoms with Gasteiger partial charge in [0.2, 0.25) is 0 Å². The molecule has 108 valence electrons. The molecule has 5 heteroatoms. The van der Waals surface area contributed by atoms with Gasteiger partial charge in [-0.15, -0.1) is 11.8 Å². The van der Waals surface area contributed by atoms with Crippen molar-refractivity contribution in [2.45, 2.75) is 18.2 Å². The first-order valence-corrected chi connectivity index (χ1v) is 7.90. The third-order valence-electron chi connectivity index (χ3n) is 3.63. The lowest BCUT2D eigenvalue weighted by atomic mass is 9.90. The molecule has 1 N–H and O–H groups in total. The third-order valence-corrected chi connectivity index (χ3v) is 4.43. The van der Waals surface area contributed by atoms with E-state index < -0.39 is 11.9 Å². The van der Waals surface area contributed by atoms with E-state index in [-0.39, 0.29) is 11.8 Å². The number of carbonyl (C=O) groups excluding carboxylic acids is 1. The highest BCUT2D eigenvalue weighted by atomic mass is 32.2. The highest BCUT2D eigenvalue weighted by molar-refractivity contribution is 7.98. The highest BCUT2D eigenvalue weighted by Crippen LogP contribution is 2.26. The van der Waals surface area contributed by atoms with Crippen molar-refractivity contribution in [2.75, 3.05) is 19.3 Å². The predicted molar refractivity (Wildman–Crippen MR) is 79.0 cm³/mol. The van der Waals surface area contributed by atoms with E-state index >= 15 is 0 Å². The van der Waals surface area contributed by atoms with Crippen LogP contribution in [0, 0.1) is 11.8 Å². The first-order chi connectivity index (χ1) is 9.52. The first-order valence-electron chi connectivity index (χ1n) is 6.68. The van der Waals surface area contributed by atoms with Crippen LogP contribution in [-0.4, -0.2) is 41.2 Å². The molecule has 4 nitrogen and oxygen atoms in total. The number of likely N-dealkylation sites (tertiary alicyclic amines) is 1. The maximum atomic E-state index is 12.6. The van der Waals surface area contributed by atoms with Crippen LogP contribution < -0.4 is 0 Å². The molecular formula is C15H19NO3S. The van der Waals surface area contributed by atoms with E-state index in [0.29, 0.717) is 25.1 Å². The molecule has 1 heterocycles. The second-order valence-corrected chi connectivity index (χ2v) is 6.13. The van der Waals surface area contributed by atoms with E-state index in [1.54, 1.807) is 4.90 Å². The highest BCUT2D eigenvalue weighted by Gasteiger charge is 2.32. The molecule has 1 fully saturated rings. The molecule has 0 bridgehead atoms. The van der Waals surface area contributed by atoms with Gasteiger partial charge in [0.15, 0.2) is 0 Å². The van der Waals surface area contributed by atoms with E-state index in [4.69, 9.17) is 0 Å². The van der Waals surface area contributed by atoms with Crippen molar-refractivity contribution in [2.24, 2.45) is 11.8 Å². The van der Waals surface area contributed by atoms with Crippen molar-refractivity contribution in [3.63, 3.8) is 0 Å². The smallest absolute Gasteiger partial charge is 0.308 e. The number of benzene rings is 1. The monoisotopic (exact) mass is 293 g/mol. The average Bonchev–Trinajstić information content (AvgIpc) is 2.45. The zero-order valence-corrected chi connectivity index (χ0v) is 12.5. The maximum absolute atomic E-state index is 12.6. The molecule has 0 radical (unpaired) electrons. The third kappa shape index (κ3) is 3.15. The zero-order valence-electron chi connectivity index (χ0n) is 11.7. The minimum Gasteiger partial charge on any atom is -0.481 e. The standard InChI is InChI=1S/C15H19NO3S/c1-10-7-11(15(18)19)9-16(8-10)14(17)12-5-3-4-6-13(12)20-2/h3-6,10-11H,7-9H2,1-2H3,(H,18,19). The van der Waals surface area contributed by atoms with Gasteiger partial charge in [0.1, 0.15) is 0 Å². The topological polar surface area (TPSA) is 57.6 Å². The molecule has 1 saturated heterocycles. The Bertz CT molecular complexity index is 518. The summed E-state index contributed by atoms with van der Waals surface area (Å²) in [4.78, 5) is 26.4. The van der Waals surface area contributed by atoms with Gasteiger partial charge in [-0.2, -0.15) is 0 Å². The molecule has 1 aliphatic heterocycles. The quantitative estimate of drug-likeness (QED) is 0.870. The van der Waals surface area contributed by atoms with Crippen LogP contribution in [0.2, 0.25) is 0 Å². The molecule has 0 aromatic heterocycles. The Morgan fingerprint density at radius 2 is 2.00 bits per heavy atom. The molecule has 2 unspecified atom stereocenters. The van der Waals surface area contributed by atoms with Crippen LogP contribution in [0.3, 0.4) is 0 Å². The summed E-state index contributed by atoms with van der Waals surface area (Å²) >= 11 is 1.53. The Hall–Kier alpha value is -1.49. The molecule has 1 aliphatic rings. The second-order valence-electron chi connectivity index (χ2n) is 5.29. The summed E-state index contributed by atoms with van der Waals surface area (Å²) in [5, 5.41) is 9.18. The summed E-state index contributed by atoms with van der Waals surface area (Å²) in [5.41, 5.74) is 0.665. The van der Waals surface area contributed by atoms with Gasteiger partial charge in [0.05, 0.1) is 11.5 Å². The van der Waals surface area contributed by atoms with E-state index in [9.17, 15) is 14.7 Å². The first kappa shape index (κ1) is 14.9. The minimum atomic E-state index is -0.812. The van der Waals surface area contributed by atoms with E-state index in [1.807, 2.05) is 37.4 Å². The average molecular weight is 293 g/mol. The number of hydrogen-bond donors (Lipinski definition) is 1. The number of carboxylic acid groups (broad SMARTS) is 1. The van der Waals surface area contributed by atoms with Crippen LogP contribution in [-0.2, 0) is 4.79 Å². The van der Waals surface area contributed by atoms with Crippen molar-refractivity contribution in [1.29, 1.82) is 0 Å². The summed E-state index contributed by atoms with van der Waals surface area (Å²) < 4.78 is 0. The summed E-state index contributed by atoms with van der Waals surface area (Å²) in [6.07, 6.45) is 2.58. The Balaban J connectivity index is 2.21. The molecular weight excluding hydrogens is 274 g/mol. The lowest BCUT2D eigenvalue weighted by Gasteiger charge is -2.35. The van der Waals surface area contributed by atoms with Crippen LogP contribution in [0.25, 0.3) is 0 Å². The molecule has 2 rings (SSSR count). The molecule has 1 amide bonds. The summed E-state index contributed by atoms with van der Waals surface area (Å²) in [6, 6.07) is 7.47. The molecule has 1 aromatic carbocycles. The van der Waals surface area contributed by atoms with Gasteiger partial charge in [0.25, 0.3) is 5.91 Å². The Morgan fingerprint density at radius 3 is 2.65 bits per heavy atom. The van der Waals surface area contributed by atoms with Crippen molar-refractivity contribution in [3.05, 3.63) is 29.8 Å². The number of amides is 1. The van der Waals surface area contributed by atoms with Gasteiger partial charge >= 0.3 is 5.97 Å². The summed E-state index contributed by atoms with van der Waals surface area (Å²) in [7, 11) is 0. The van der Waals surface area contributed by atoms with Crippen LogP contribution in [0.5, 0.6) is 0 Å².